The Balaban J connectivity index is 2.18. The topological polar surface area (TPSA) is 116 Å². The molecule has 28 heavy (non-hydrogen) atoms. The van der Waals surface area contributed by atoms with E-state index in [9.17, 15) is 18.0 Å². The van der Waals surface area contributed by atoms with E-state index in [-0.39, 0.29) is 12.3 Å². The first-order valence-electron chi connectivity index (χ1n) is 8.27. The molecule has 2 rings (SSSR count). The molecule has 2 amide bonds. The van der Waals surface area contributed by atoms with Crippen LogP contribution in [0.5, 0.6) is 0 Å². The number of nitriles is 1. The van der Waals surface area contributed by atoms with Crippen molar-refractivity contribution in [3.05, 3.63) is 69.3 Å². The lowest BCUT2D eigenvalue weighted by molar-refractivity contribution is -0.122. The van der Waals surface area contributed by atoms with E-state index in [2.05, 4.69) is 10.6 Å². The number of halogens is 1. The van der Waals surface area contributed by atoms with Gasteiger partial charge in [0.1, 0.15) is 12.6 Å². The summed E-state index contributed by atoms with van der Waals surface area (Å²) in [5.41, 5.74) is 0.921. The maximum absolute atomic E-state index is 12.7. The Morgan fingerprint density at radius 3 is 2.36 bits per heavy atom. The van der Waals surface area contributed by atoms with Crippen molar-refractivity contribution < 1.29 is 18.0 Å². The minimum Gasteiger partial charge on any atom is -0.341 e. The molecule has 0 spiro atoms. The van der Waals surface area contributed by atoms with Gasteiger partial charge < -0.3 is 10.6 Å². The number of rotatable bonds is 8. The molecule has 0 radical (unpaired) electrons. The molecule has 9 heteroatoms. The van der Waals surface area contributed by atoms with Crippen molar-refractivity contribution >= 4 is 44.2 Å². The highest BCUT2D eigenvalue weighted by atomic mass is 127. The highest BCUT2D eigenvalue weighted by Crippen LogP contribution is 2.15. The lowest BCUT2D eigenvalue weighted by Crippen LogP contribution is -2.50. The zero-order valence-electron chi connectivity index (χ0n) is 14.8. The number of carbonyl (C=O) groups is 2. The quantitative estimate of drug-likeness (QED) is 0.413. The van der Waals surface area contributed by atoms with Gasteiger partial charge in [0.2, 0.25) is 5.91 Å². The lowest BCUT2D eigenvalue weighted by Gasteiger charge is -2.18. The van der Waals surface area contributed by atoms with Crippen LogP contribution < -0.4 is 10.6 Å². The van der Waals surface area contributed by atoms with Crippen LogP contribution >= 0.6 is 22.6 Å². The van der Waals surface area contributed by atoms with E-state index in [0.29, 0.717) is 11.1 Å². The van der Waals surface area contributed by atoms with Gasteiger partial charge in [-0.15, -0.1) is 0 Å². The van der Waals surface area contributed by atoms with Crippen molar-refractivity contribution in [2.75, 3.05) is 12.3 Å². The smallest absolute Gasteiger partial charge is 0.251 e. The molecule has 2 aromatic carbocycles. The summed E-state index contributed by atoms with van der Waals surface area (Å²) in [6, 6.07) is 15.6. The second kappa shape index (κ2) is 10.2. The van der Waals surface area contributed by atoms with Crippen molar-refractivity contribution in [2.45, 2.75) is 11.8 Å². The fourth-order valence-electron chi connectivity index (χ4n) is 2.43. The largest absolute Gasteiger partial charge is 0.341 e. The van der Waals surface area contributed by atoms with Gasteiger partial charge in [-0.25, -0.2) is 8.42 Å². The fraction of sp³-hybridized carbons (Fsp3) is 0.211. The second-order valence-electron chi connectivity index (χ2n) is 5.91. The summed E-state index contributed by atoms with van der Waals surface area (Å²) in [7, 11) is -3.72. The van der Waals surface area contributed by atoms with Gasteiger partial charge in [-0.3, -0.25) is 9.59 Å². The number of hydrogen-bond donors (Lipinski definition) is 2. The average molecular weight is 511 g/mol. The van der Waals surface area contributed by atoms with Crippen molar-refractivity contribution in [2.24, 2.45) is 0 Å². The molecular formula is C19H18IN3O4S. The summed E-state index contributed by atoms with van der Waals surface area (Å²) < 4.78 is 26.1. The highest BCUT2D eigenvalue weighted by Gasteiger charge is 2.28. The standard InChI is InChI=1S/C19H18IN3O4S/c20-16-9-5-4-8-15(16)12-28(26,27)13-17(19(25)22-11-10-21)23-18(24)14-6-2-1-3-7-14/h1-9,17H,11-13H2,(H,22,25)(H,23,24)/t17-/m0/s1. The number of amides is 2. The summed E-state index contributed by atoms with van der Waals surface area (Å²) in [5, 5.41) is 13.4. The van der Waals surface area contributed by atoms with Crippen molar-refractivity contribution in [3.63, 3.8) is 0 Å². The van der Waals surface area contributed by atoms with E-state index in [4.69, 9.17) is 5.26 Å². The van der Waals surface area contributed by atoms with Gasteiger partial charge in [0.15, 0.2) is 9.84 Å². The minimum atomic E-state index is -3.72. The van der Waals surface area contributed by atoms with Crippen molar-refractivity contribution in [1.29, 1.82) is 5.26 Å². The Bertz CT molecular complexity index is 988. The van der Waals surface area contributed by atoms with Crippen molar-refractivity contribution in [3.8, 4) is 6.07 Å². The van der Waals surface area contributed by atoms with Gasteiger partial charge in [-0.05, 0) is 46.4 Å². The SMILES string of the molecule is N#CCNC(=O)[C@H](CS(=O)(=O)Cc1ccccc1I)NC(=O)c1ccccc1. The predicted molar refractivity (Wildman–Crippen MR) is 113 cm³/mol. The maximum Gasteiger partial charge on any atom is 0.251 e. The van der Waals surface area contributed by atoms with Crippen LogP contribution in [0.1, 0.15) is 15.9 Å². The van der Waals surface area contributed by atoms with E-state index >= 15 is 0 Å². The van der Waals surface area contributed by atoms with E-state index in [1.807, 2.05) is 22.6 Å². The fourth-order valence-corrected chi connectivity index (χ4v) is 4.85. The summed E-state index contributed by atoms with van der Waals surface area (Å²) in [6.07, 6.45) is 0. The van der Waals surface area contributed by atoms with Gasteiger partial charge in [-0.2, -0.15) is 5.26 Å². The Labute approximate surface area is 177 Å². The highest BCUT2D eigenvalue weighted by molar-refractivity contribution is 14.1. The molecule has 0 aliphatic heterocycles. The monoisotopic (exact) mass is 511 g/mol. The summed E-state index contributed by atoms with van der Waals surface area (Å²) in [5.74, 6) is -2.12. The zero-order chi connectivity index (χ0) is 20.6. The van der Waals surface area contributed by atoms with E-state index in [1.54, 1.807) is 60.7 Å². The third-order valence-electron chi connectivity index (χ3n) is 3.75. The van der Waals surface area contributed by atoms with Crippen molar-refractivity contribution in [1.82, 2.24) is 10.6 Å². The molecule has 0 aromatic heterocycles. The third kappa shape index (κ3) is 6.61. The Kier molecular flexibility index (Phi) is 7.95. The molecule has 1 atom stereocenters. The molecule has 0 fully saturated rings. The molecule has 0 aliphatic carbocycles. The predicted octanol–water partition coefficient (Wildman–Crippen LogP) is 1.64. The minimum absolute atomic E-state index is 0.255. The number of benzene rings is 2. The van der Waals surface area contributed by atoms with Crippen LogP contribution in [0.25, 0.3) is 0 Å². The Morgan fingerprint density at radius 1 is 1.07 bits per heavy atom. The molecule has 0 unspecified atom stereocenters. The molecule has 0 saturated heterocycles. The lowest BCUT2D eigenvalue weighted by atomic mass is 10.2. The summed E-state index contributed by atoms with van der Waals surface area (Å²) in [6.45, 7) is -0.285. The van der Waals surface area contributed by atoms with Gasteiger partial charge in [0, 0.05) is 9.13 Å². The van der Waals surface area contributed by atoms with Crippen LogP contribution in [-0.2, 0) is 20.4 Å². The number of sulfone groups is 1. The molecule has 7 nitrogen and oxygen atoms in total. The molecule has 2 aromatic rings. The average Bonchev–Trinajstić information content (AvgIpc) is 2.67. The third-order valence-corrected chi connectivity index (χ3v) is 6.40. The van der Waals surface area contributed by atoms with Crippen LogP contribution in [0, 0.1) is 14.9 Å². The molecule has 2 N–H and O–H groups in total. The Morgan fingerprint density at radius 2 is 1.71 bits per heavy atom. The number of nitrogens with zero attached hydrogens (tertiary/aromatic N) is 1. The first-order chi connectivity index (χ1) is 13.3. The van der Waals surface area contributed by atoms with E-state index in [1.165, 1.54) is 0 Å². The van der Waals surface area contributed by atoms with Crippen LogP contribution in [0.15, 0.2) is 54.6 Å². The normalized spacial score (nSPS) is 11.9. The van der Waals surface area contributed by atoms with Crippen LogP contribution in [-0.4, -0.2) is 38.6 Å². The van der Waals surface area contributed by atoms with Gasteiger partial charge in [0.05, 0.1) is 17.6 Å². The van der Waals surface area contributed by atoms with E-state index in [0.717, 1.165) is 3.57 Å². The van der Waals surface area contributed by atoms with E-state index < -0.39 is 33.4 Å². The van der Waals surface area contributed by atoms with Gasteiger partial charge in [-0.1, -0.05) is 36.4 Å². The second-order valence-corrected chi connectivity index (χ2v) is 9.19. The first-order valence-corrected chi connectivity index (χ1v) is 11.2. The summed E-state index contributed by atoms with van der Waals surface area (Å²) in [4.78, 5) is 24.7. The summed E-state index contributed by atoms with van der Waals surface area (Å²) >= 11 is 2.04. The number of carbonyl (C=O) groups excluding carboxylic acids is 2. The zero-order valence-corrected chi connectivity index (χ0v) is 17.7. The van der Waals surface area contributed by atoms with Gasteiger partial charge >= 0.3 is 0 Å². The first kappa shape index (κ1) is 21.8. The van der Waals surface area contributed by atoms with Crippen LogP contribution in [0.2, 0.25) is 0 Å². The van der Waals surface area contributed by atoms with Crippen LogP contribution in [0.4, 0.5) is 0 Å². The molecule has 146 valence electrons. The van der Waals surface area contributed by atoms with Crippen LogP contribution in [0.3, 0.4) is 0 Å². The Hall–Kier alpha value is -2.45. The molecular weight excluding hydrogens is 493 g/mol. The molecule has 0 bridgehead atoms. The molecule has 0 saturated carbocycles. The maximum atomic E-state index is 12.7. The molecule has 0 heterocycles. The molecule has 0 aliphatic rings. The number of nitrogens with one attached hydrogen (secondary N) is 2. The van der Waals surface area contributed by atoms with Gasteiger partial charge in [0.25, 0.3) is 5.91 Å². The number of hydrogen-bond acceptors (Lipinski definition) is 5.